The molecule has 0 radical (unpaired) electrons. The Balaban J connectivity index is 1.47. The molecule has 1 atom stereocenters. The number of nitrogens with one attached hydrogen (secondary N) is 1. The SMILES string of the molecule is Cc1ccc(N(CC(=O)NC(C)c2ccc(N3CCC(C)CC3)cc2)S(=O)(=O)c2ccccc2)cc1. The summed E-state index contributed by atoms with van der Waals surface area (Å²) in [7, 11) is -3.92. The Morgan fingerprint density at radius 1 is 0.972 bits per heavy atom. The van der Waals surface area contributed by atoms with E-state index in [1.54, 1.807) is 42.5 Å². The van der Waals surface area contributed by atoms with E-state index in [0.29, 0.717) is 5.69 Å². The van der Waals surface area contributed by atoms with Gasteiger partial charge >= 0.3 is 0 Å². The minimum Gasteiger partial charge on any atom is -0.372 e. The lowest BCUT2D eigenvalue weighted by atomic mass is 9.98. The summed E-state index contributed by atoms with van der Waals surface area (Å²) in [6, 6.07) is 23.4. The normalized spacial score (nSPS) is 15.4. The molecule has 1 unspecified atom stereocenters. The molecule has 190 valence electrons. The number of hydrogen-bond donors (Lipinski definition) is 1. The monoisotopic (exact) mass is 505 g/mol. The first-order valence-electron chi connectivity index (χ1n) is 12.5. The highest BCUT2D eigenvalue weighted by atomic mass is 32.2. The van der Waals surface area contributed by atoms with E-state index >= 15 is 0 Å². The Morgan fingerprint density at radius 3 is 2.19 bits per heavy atom. The maximum absolute atomic E-state index is 13.5. The van der Waals surface area contributed by atoms with Crippen LogP contribution in [0.1, 0.15) is 43.9 Å². The third kappa shape index (κ3) is 6.08. The van der Waals surface area contributed by atoms with E-state index in [1.165, 1.54) is 22.8 Å². The van der Waals surface area contributed by atoms with Gasteiger partial charge < -0.3 is 10.2 Å². The van der Waals surface area contributed by atoms with Crippen molar-refractivity contribution < 1.29 is 13.2 Å². The van der Waals surface area contributed by atoms with Gasteiger partial charge in [-0.05, 0) is 74.6 Å². The first-order chi connectivity index (χ1) is 17.2. The zero-order chi connectivity index (χ0) is 25.7. The second-order valence-corrected chi connectivity index (χ2v) is 11.6. The van der Waals surface area contributed by atoms with Crippen molar-refractivity contribution in [1.29, 1.82) is 0 Å². The van der Waals surface area contributed by atoms with Gasteiger partial charge in [-0.1, -0.05) is 55.0 Å². The third-order valence-corrected chi connectivity index (χ3v) is 8.65. The van der Waals surface area contributed by atoms with Gasteiger partial charge in [0.1, 0.15) is 6.54 Å². The van der Waals surface area contributed by atoms with Gasteiger partial charge in [0, 0.05) is 18.8 Å². The quantitative estimate of drug-likeness (QED) is 0.451. The van der Waals surface area contributed by atoms with Crippen LogP contribution in [0.3, 0.4) is 0 Å². The highest BCUT2D eigenvalue weighted by Gasteiger charge is 2.27. The van der Waals surface area contributed by atoms with E-state index in [4.69, 9.17) is 0 Å². The van der Waals surface area contributed by atoms with Crippen molar-refractivity contribution >= 4 is 27.3 Å². The van der Waals surface area contributed by atoms with E-state index in [1.807, 2.05) is 38.1 Å². The van der Waals surface area contributed by atoms with E-state index < -0.39 is 10.0 Å². The highest BCUT2D eigenvalue weighted by Crippen LogP contribution is 2.26. The van der Waals surface area contributed by atoms with Gasteiger partial charge in [-0.2, -0.15) is 0 Å². The molecule has 0 bridgehead atoms. The number of rotatable bonds is 8. The molecule has 1 N–H and O–H groups in total. The number of carbonyl (C=O) groups is 1. The molecule has 36 heavy (non-hydrogen) atoms. The number of anilines is 2. The number of piperidine rings is 1. The Morgan fingerprint density at radius 2 is 1.58 bits per heavy atom. The average molecular weight is 506 g/mol. The van der Waals surface area contributed by atoms with Crippen molar-refractivity contribution in [2.75, 3.05) is 28.8 Å². The maximum Gasteiger partial charge on any atom is 0.264 e. The van der Waals surface area contributed by atoms with Crippen LogP contribution < -0.4 is 14.5 Å². The maximum atomic E-state index is 13.5. The van der Waals surface area contributed by atoms with Crippen molar-refractivity contribution in [3.8, 4) is 0 Å². The molecule has 3 aromatic rings. The number of aryl methyl sites for hydroxylation is 1. The predicted molar refractivity (Wildman–Crippen MR) is 146 cm³/mol. The summed E-state index contributed by atoms with van der Waals surface area (Å²) in [6.07, 6.45) is 2.41. The topological polar surface area (TPSA) is 69.7 Å². The van der Waals surface area contributed by atoms with Crippen LogP contribution in [0, 0.1) is 12.8 Å². The van der Waals surface area contributed by atoms with Crippen LogP contribution in [-0.4, -0.2) is 34.0 Å². The molecule has 3 aromatic carbocycles. The lowest BCUT2D eigenvalue weighted by Crippen LogP contribution is -2.41. The van der Waals surface area contributed by atoms with Crippen LogP contribution in [0.15, 0.2) is 83.8 Å². The molecule has 1 aliphatic heterocycles. The van der Waals surface area contributed by atoms with Gasteiger partial charge in [-0.3, -0.25) is 9.10 Å². The zero-order valence-electron chi connectivity index (χ0n) is 21.2. The molecular formula is C29H35N3O3S. The summed E-state index contributed by atoms with van der Waals surface area (Å²) in [6.45, 7) is 7.97. The van der Waals surface area contributed by atoms with E-state index in [-0.39, 0.29) is 23.4 Å². The van der Waals surface area contributed by atoms with Crippen LogP contribution in [0.25, 0.3) is 0 Å². The summed E-state index contributed by atoms with van der Waals surface area (Å²) < 4.78 is 28.1. The van der Waals surface area contributed by atoms with Gasteiger partial charge in [-0.15, -0.1) is 0 Å². The molecule has 1 saturated heterocycles. The highest BCUT2D eigenvalue weighted by molar-refractivity contribution is 7.92. The third-order valence-electron chi connectivity index (χ3n) is 6.86. The number of nitrogens with zero attached hydrogens (tertiary/aromatic N) is 2. The number of amides is 1. The molecule has 1 heterocycles. The summed E-state index contributed by atoms with van der Waals surface area (Å²) in [5, 5.41) is 2.98. The van der Waals surface area contributed by atoms with Gasteiger partial charge in [0.15, 0.2) is 0 Å². The van der Waals surface area contributed by atoms with E-state index in [2.05, 4.69) is 29.3 Å². The summed E-state index contributed by atoms with van der Waals surface area (Å²) >= 11 is 0. The van der Waals surface area contributed by atoms with Crippen molar-refractivity contribution in [2.24, 2.45) is 5.92 Å². The Hall–Kier alpha value is -3.32. The standard InChI is InChI=1S/C29H35N3O3S/c1-22-9-13-27(14-10-22)32(36(34,35)28-7-5-4-6-8-28)21-29(33)30-24(3)25-11-15-26(16-12-25)31-19-17-23(2)18-20-31/h4-16,23-24H,17-21H2,1-3H3,(H,30,33). The Bertz CT molecular complexity index is 1250. The van der Waals surface area contributed by atoms with Crippen molar-refractivity contribution in [2.45, 2.75) is 44.6 Å². The second kappa shape index (κ2) is 11.2. The van der Waals surface area contributed by atoms with Crippen molar-refractivity contribution in [3.05, 3.63) is 90.0 Å². The molecule has 1 amide bonds. The fourth-order valence-corrected chi connectivity index (χ4v) is 5.93. The minimum atomic E-state index is -3.92. The molecule has 6 nitrogen and oxygen atoms in total. The largest absolute Gasteiger partial charge is 0.372 e. The molecule has 7 heteroatoms. The Kier molecular flexibility index (Phi) is 7.99. The van der Waals surface area contributed by atoms with Gasteiger partial charge in [0.25, 0.3) is 10.0 Å². The van der Waals surface area contributed by atoms with E-state index in [0.717, 1.165) is 30.1 Å². The lowest BCUT2D eigenvalue weighted by Gasteiger charge is -2.32. The van der Waals surface area contributed by atoms with Gasteiger partial charge in [0.05, 0.1) is 16.6 Å². The first kappa shape index (κ1) is 25.8. The van der Waals surface area contributed by atoms with Gasteiger partial charge in [0.2, 0.25) is 5.91 Å². The number of benzene rings is 3. The summed E-state index contributed by atoms with van der Waals surface area (Å²) in [5.41, 5.74) is 3.64. The first-order valence-corrected chi connectivity index (χ1v) is 14.0. The molecule has 0 aromatic heterocycles. The second-order valence-electron chi connectivity index (χ2n) is 9.71. The van der Waals surface area contributed by atoms with Crippen LogP contribution in [-0.2, 0) is 14.8 Å². The summed E-state index contributed by atoms with van der Waals surface area (Å²) in [5.74, 6) is 0.414. The molecule has 1 fully saturated rings. The smallest absolute Gasteiger partial charge is 0.264 e. The zero-order valence-corrected chi connectivity index (χ0v) is 22.0. The van der Waals surface area contributed by atoms with Crippen LogP contribution in [0.5, 0.6) is 0 Å². The molecular weight excluding hydrogens is 470 g/mol. The minimum absolute atomic E-state index is 0.147. The van der Waals surface area contributed by atoms with Gasteiger partial charge in [-0.25, -0.2) is 8.42 Å². The molecule has 4 rings (SSSR count). The van der Waals surface area contributed by atoms with E-state index in [9.17, 15) is 13.2 Å². The number of carbonyl (C=O) groups excluding carboxylic acids is 1. The molecule has 0 saturated carbocycles. The molecule has 0 aliphatic carbocycles. The average Bonchev–Trinajstić information content (AvgIpc) is 2.89. The molecule has 1 aliphatic rings. The number of hydrogen-bond acceptors (Lipinski definition) is 4. The van der Waals surface area contributed by atoms with Crippen LogP contribution in [0.2, 0.25) is 0 Å². The van der Waals surface area contributed by atoms with Crippen LogP contribution >= 0.6 is 0 Å². The lowest BCUT2D eigenvalue weighted by molar-refractivity contribution is -0.120. The fourth-order valence-electron chi connectivity index (χ4n) is 4.49. The fraction of sp³-hybridized carbons (Fsp3) is 0.345. The predicted octanol–water partition coefficient (Wildman–Crippen LogP) is 5.30. The van der Waals surface area contributed by atoms with Crippen molar-refractivity contribution in [3.63, 3.8) is 0 Å². The summed E-state index contributed by atoms with van der Waals surface area (Å²) in [4.78, 5) is 15.6. The Labute approximate surface area is 215 Å². The molecule has 0 spiro atoms. The van der Waals surface area contributed by atoms with Crippen LogP contribution in [0.4, 0.5) is 11.4 Å². The van der Waals surface area contributed by atoms with Crippen molar-refractivity contribution in [1.82, 2.24) is 5.32 Å². The number of sulfonamides is 1.